The van der Waals surface area contributed by atoms with Gasteiger partial charge in [0.15, 0.2) is 5.78 Å². The number of ether oxygens (including phenoxy) is 1. The molecule has 0 amide bonds. The summed E-state index contributed by atoms with van der Waals surface area (Å²) in [5, 5.41) is 18.4. The molecule has 1 atom stereocenters. The lowest BCUT2D eigenvalue weighted by molar-refractivity contribution is -0.0110. The van der Waals surface area contributed by atoms with Crippen molar-refractivity contribution in [1.29, 1.82) is 0 Å². The van der Waals surface area contributed by atoms with Gasteiger partial charge >= 0.3 is 5.97 Å². The normalized spacial score (nSPS) is 13.8. The number of hydrogen-bond acceptors (Lipinski definition) is 6. The quantitative estimate of drug-likeness (QED) is 0.373. The lowest BCUT2D eigenvalue weighted by Crippen LogP contribution is -2.32. The molecule has 0 heterocycles. The Morgan fingerprint density at radius 1 is 0.903 bits per heavy atom. The number of thioether (sulfide) groups is 2. The SMILES string of the molecule is CC(C)(C)OCC(C)(C)SCC(CSC(C)(C)CCO)C(=O)c1ccc(C(=O)O)cc1. The molecule has 0 spiro atoms. The third-order valence-electron chi connectivity index (χ3n) is 4.70. The van der Waals surface area contributed by atoms with Crippen LogP contribution >= 0.6 is 23.5 Å². The maximum absolute atomic E-state index is 13.3. The highest BCUT2D eigenvalue weighted by atomic mass is 32.2. The number of carboxylic acids is 1. The highest BCUT2D eigenvalue weighted by Crippen LogP contribution is 2.34. The van der Waals surface area contributed by atoms with Crippen molar-refractivity contribution in [3.05, 3.63) is 35.4 Å². The minimum Gasteiger partial charge on any atom is -0.478 e. The number of aliphatic hydroxyl groups is 1. The molecule has 0 bridgehead atoms. The van der Waals surface area contributed by atoms with Gasteiger partial charge in [-0.25, -0.2) is 4.79 Å². The number of benzene rings is 1. The standard InChI is InChI=1S/C24H38O5S2/c1-22(2,3)29-16-24(6,7)31-15-19(14-30-23(4,5)12-13-25)20(26)17-8-10-18(11-9-17)21(27)28/h8-11,19,25H,12-16H2,1-7H3,(H,27,28). The van der Waals surface area contributed by atoms with Crippen molar-refractivity contribution >= 4 is 35.3 Å². The molecule has 0 aromatic heterocycles. The lowest BCUT2D eigenvalue weighted by Gasteiger charge is -2.31. The highest BCUT2D eigenvalue weighted by Gasteiger charge is 2.29. The van der Waals surface area contributed by atoms with Crippen LogP contribution in [0.4, 0.5) is 0 Å². The van der Waals surface area contributed by atoms with Gasteiger partial charge in [0.1, 0.15) is 0 Å². The van der Waals surface area contributed by atoms with Crippen LogP contribution in [0.2, 0.25) is 0 Å². The second-order valence-electron chi connectivity index (χ2n) is 9.96. The maximum atomic E-state index is 13.3. The Morgan fingerprint density at radius 3 is 1.84 bits per heavy atom. The first-order valence-corrected chi connectivity index (χ1v) is 12.5. The molecule has 1 aromatic carbocycles. The van der Waals surface area contributed by atoms with Gasteiger partial charge in [-0.05, 0) is 53.2 Å². The average Bonchev–Trinajstić information content (AvgIpc) is 2.65. The van der Waals surface area contributed by atoms with Crippen LogP contribution in [0.1, 0.15) is 75.6 Å². The Hall–Kier alpha value is -1.02. The van der Waals surface area contributed by atoms with E-state index in [1.807, 2.05) is 20.8 Å². The Balaban J connectivity index is 2.94. The Bertz CT molecular complexity index is 720. The molecule has 1 rings (SSSR count). The summed E-state index contributed by atoms with van der Waals surface area (Å²) in [7, 11) is 0. The Labute approximate surface area is 195 Å². The number of carboxylic acid groups (broad SMARTS) is 1. The number of ketones is 1. The zero-order valence-electron chi connectivity index (χ0n) is 19.9. The number of hydrogen-bond donors (Lipinski definition) is 2. The van der Waals surface area contributed by atoms with Gasteiger partial charge in [0.05, 0.1) is 17.8 Å². The van der Waals surface area contributed by atoms with Gasteiger partial charge in [-0.1, -0.05) is 26.0 Å². The van der Waals surface area contributed by atoms with Crippen molar-refractivity contribution < 1.29 is 24.5 Å². The predicted octanol–water partition coefficient (Wildman–Crippen LogP) is 5.40. The number of Topliss-reactive ketones (excluding diaryl/α,β-unsaturated/α-hetero) is 1. The molecule has 176 valence electrons. The zero-order valence-corrected chi connectivity index (χ0v) is 21.5. The molecule has 5 nitrogen and oxygen atoms in total. The van der Waals surface area contributed by atoms with E-state index in [9.17, 15) is 14.7 Å². The molecular weight excluding hydrogens is 432 g/mol. The smallest absolute Gasteiger partial charge is 0.335 e. The molecule has 1 unspecified atom stereocenters. The van der Waals surface area contributed by atoms with Crippen molar-refractivity contribution in [2.75, 3.05) is 24.7 Å². The molecule has 31 heavy (non-hydrogen) atoms. The summed E-state index contributed by atoms with van der Waals surface area (Å²) in [6.07, 6.45) is 0.657. The van der Waals surface area contributed by atoms with E-state index < -0.39 is 5.97 Å². The van der Waals surface area contributed by atoms with Crippen LogP contribution in [0.5, 0.6) is 0 Å². The minimum absolute atomic E-state index is 0.0178. The van der Waals surface area contributed by atoms with E-state index in [-0.39, 0.29) is 39.0 Å². The third-order valence-corrected chi connectivity index (χ3v) is 7.73. The van der Waals surface area contributed by atoms with Crippen molar-refractivity contribution in [3.63, 3.8) is 0 Å². The van der Waals surface area contributed by atoms with Gasteiger partial charge in [-0.2, -0.15) is 23.5 Å². The lowest BCUT2D eigenvalue weighted by atomic mass is 10.00. The number of aliphatic hydroxyl groups excluding tert-OH is 1. The molecule has 0 fully saturated rings. The van der Waals surface area contributed by atoms with Crippen LogP contribution in [0.3, 0.4) is 0 Å². The van der Waals surface area contributed by atoms with Crippen molar-refractivity contribution in [1.82, 2.24) is 0 Å². The van der Waals surface area contributed by atoms with E-state index in [1.54, 1.807) is 35.7 Å². The number of aromatic carboxylic acids is 1. The molecular formula is C24H38O5S2. The Kier molecular flexibility index (Phi) is 10.6. The molecule has 0 saturated carbocycles. The van der Waals surface area contributed by atoms with Gasteiger partial charge in [0.2, 0.25) is 0 Å². The van der Waals surface area contributed by atoms with E-state index in [4.69, 9.17) is 9.84 Å². The van der Waals surface area contributed by atoms with Crippen molar-refractivity contribution in [2.24, 2.45) is 5.92 Å². The monoisotopic (exact) mass is 470 g/mol. The fourth-order valence-corrected chi connectivity index (χ4v) is 5.01. The van der Waals surface area contributed by atoms with Crippen LogP contribution in [0, 0.1) is 5.92 Å². The minimum atomic E-state index is -1.01. The van der Waals surface area contributed by atoms with Gasteiger partial charge in [-0.3, -0.25) is 4.79 Å². The number of rotatable bonds is 13. The van der Waals surface area contributed by atoms with Crippen LogP contribution in [-0.4, -0.2) is 61.8 Å². The second kappa shape index (κ2) is 11.7. The summed E-state index contributed by atoms with van der Waals surface area (Å²) in [5.41, 5.74) is 0.477. The molecule has 0 radical (unpaired) electrons. The summed E-state index contributed by atoms with van der Waals surface area (Å²) < 4.78 is 5.68. The Morgan fingerprint density at radius 2 is 1.39 bits per heavy atom. The maximum Gasteiger partial charge on any atom is 0.335 e. The van der Waals surface area contributed by atoms with Crippen LogP contribution in [0.25, 0.3) is 0 Å². The first kappa shape index (κ1) is 28.0. The predicted molar refractivity (Wildman–Crippen MR) is 132 cm³/mol. The van der Waals surface area contributed by atoms with Crippen molar-refractivity contribution in [2.45, 2.75) is 70.0 Å². The van der Waals surface area contributed by atoms with E-state index in [1.165, 1.54) is 12.1 Å². The molecule has 7 heteroatoms. The van der Waals surface area contributed by atoms with E-state index in [0.717, 1.165) is 0 Å². The van der Waals surface area contributed by atoms with Crippen LogP contribution < -0.4 is 0 Å². The van der Waals surface area contributed by atoms with Crippen molar-refractivity contribution in [3.8, 4) is 0 Å². The van der Waals surface area contributed by atoms with E-state index in [2.05, 4.69) is 27.7 Å². The van der Waals surface area contributed by atoms with Gasteiger partial charge in [0.25, 0.3) is 0 Å². The molecule has 1 aromatic rings. The summed E-state index contributed by atoms with van der Waals surface area (Å²) >= 11 is 3.41. The van der Waals surface area contributed by atoms with Crippen LogP contribution in [-0.2, 0) is 4.74 Å². The largest absolute Gasteiger partial charge is 0.478 e. The summed E-state index contributed by atoms with van der Waals surface area (Å²) in [6.45, 7) is 15.2. The first-order valence-electron chi connectivity index (χ1n) is 10.6. The molecule has 0 aliphatic rings. The molecule has 2 N–H and O–H groups in total. The summed E-state index contributed by atoms with van der Waals surface area (Å²) in [4.78, 5) is 24.4. The third kappa shape index (κ3) is 10.9. The molecule has 0 saturated heterocycles. The first-order chi connectivity index (χ1) is 14.2. The highest BCUT2D eigenvalue weighted by molar-refractivity contribution is 8.01. The molecule has 0 aliphatic carbocycles. The second-order valence-corrected chi connectivity index (χ2v) is 13.4. The van der Waals surface area contributed by atoms with Crippen LogP contribution in [0.15, 0.2) is 24.3 Å². The summed E-state index contributed by atoms with van der Waals surface area (Å²) in [6, 6.07) is 6.15. The molecule has 0 aliphatic heterocycles. The zero-order chi connectivity index (χ0) is 23.9. The van der Waals surface area contributed by atoms with Gasteiger partial charge in [0, 0.05) is 39.1 Å². The number of carbonyl (C=O) groups excluding carboxylic acids is 1. The van der Waals surface area contributed by atoms with Gasteiger partial charge < -0.3 is 14.9 Å². The fourth-order valence-electron chi connectivity index (χ4n) is 2.64. The summed E-state index contributed by atoms with van der Waals surface area (Å²) in [5.74, 6) is 0.0626. The number of carbonyl (C=O) groups is 2. The van der Waals surface area contributed by atoms with E-state index >= 15 is 0 Å². The van der Waals surface area contributed by atoms with E-state index in [0.29, 0.717) is 30.1 Å². The fraction of sp³-hybridized carbons (Fsp3) is 0.667. The van der Waals surface area contributed by atoms with Gasteiger partial charge in [-0.15, -0.1) is 0 Å². The topological polar surface area (TPSA) is 83.8 Å². The average molecular weight is 471 g/mol.